The summed E-state index contributed by atoms with van der Waals surface area (Å²) in [6, 6.07) is 17.0. The van der Waals surface area contributed by atoms with Gasteiger partial charge in [-0.05, 0) is 54.5 Å². The van der Waals surface area contributed by atoms with Crippen LogP contribution in [0, 0.1) is 5.92 Å². The van der Waals surface area contributed by atoms with Gasteiger partial charge in [-0.2, -0.15) is 0 Å². The summed E-state index contributed by atoms with van der Waals surface area (Å²) in [6.07, 6.45) is 0.604. The number of hydrogen-bond donors (Lipinski definition) is 2. The number of nitrogens with one attached hydrogen (secondary N) is 2. The predicted molar refractivity (Wildman–Crippen MR) is 135 cm³/mol. The largest absolute Gasteiger partial charge is 0.451 e. The van der Waals surface area contributed by atoms with Crippen LogP contribution in [0.4, 0.5) is 11.4 Å². The van der Waals surface area contributed by atoms with Crippen LogP contribution >= 0.6 is 12.2 Å². The van der Waals surface area contributed by atoms with Gasteiger partial charge in [0.05, 0.1) is 0 Å². The third kappa shape index (κ3) is 5.70. The Morgan fingerprint density at radius 2 is 1.73 bits per heavy atom. The first-order chi connectivity index (χ1) is 15.9. The summed E-state index contributed by atoms with van der Waals surface area (Å²) in [4.78, 5) is 28.9. The van der Waals surface area contributed by atoms with Crippen molar-refractivity contribution in [2.75, 3.05) is 36.4 Å². The van der Waals surface area contributed by atoms with Crippen LogP contribution in [0.2, 0.25) is 0 Å². The summed E-state index contributed by atoms with van der Waals surface area (Å²) in [5.41, 5.74) is 2.52. The Hall–Kier alpha value is -3.39. The molecule has 33 heavy (non-hydrogen) atoms. The Balaban J connectivity index is 1.28. The Kier molecular flexibility index (Phi) is 6.93. The fraction of sp³-hybridized carbons (Fsp3) is 0.320. The molecular weight excluding hydrogens is 436 g/mol. The molecule has 172 valence electrons. The summed E-state index contributed by atoms with van der Waals surface area (Å²) in [5.74, 6) is 0.430. The van der Waals surface area contributed by atoms with Crippen LogP contribution in [0.3, 0.4) is 0 Å². The maximum Gasteiger partial charge on any atom is 0.293 e. The molecular formula is C25H28N4O3S. The molecule has 2 heterocycles. The lowest BCUT2D eigenvalue weighted by molar-refractivity contribution is -0.132. The molecule has 4 rings (SSSR count). The maximum absolute atomic E-state index is 12.4. The molecule has 7 nitrogen and oxygen atoms in total. The fourth-order valence-electron chi connectivity index (χ4n) is 3.87. The van der Waals surface area contributed by atoms with E-state index in [1.807, 2.05) is 53.4 Å². The van der Waals surface area contributed by atoms with Gasteiger partial charge in [0.25, 0.3) is 5.91 Å². The SMILES string of the molecule is CC(C)CC(=O)N1CCN(c2ccc(NC(=S)NC(=O)c3cc4ccccc4o3)cc2)CC1. The summed E-state index contributed by atoms with van der Waals surface area (Å²) in [7, 11) is 0. The van der Waals surface area contributed by atoms with Gasteiger partial charge >= 0.3 is 0 Å². The second-order valence-corrected chi connectivity index (χ2v) is 8.98. The number of rotatable bonds is 5. The van der Waals surface area contributed by atoms with E-state index in [-0.39, 0.29) is 16.8 Å². The van der Waals surface area contributed by atoms with Crippen molar-refractivity contribution in [1.82, 2.24) is 10.2 Å². The summed E-state index contributed by atoms with van der Waals surface area (Å²) in [6.45, 7) is 7.23. The number of carbonyl (C=O) groups excluding carboxylic acids is 2. The van der Waals surface area contributed by atoms with Gasteiger partial charge in [-0.25, -0.2) is 0 Å². The summed E-state index contributed by atoms with van der Waals surface area (Å²) in [5, 5.41) is 6.75. The van der Waals surface area contributed by atoms with Crippen LogP contribution < -0.4 is 15.5 Å². The quantitative estimate of drug-likeness (QED) is 0.550. The van der Waals surface area contributed by atoms with Gasteiger partial charge in [0.15, 0.2) is 10.9 Å². The van der Waals surface area contributed by atoms with Crippen molar-refractivity contribution in [2.24, 2.45) is 5.92 Å². The van der Waals surface area contributed by atoms with Crippen molar-refractivity contribution in [1.29, 1.82) is 0 Å². The molecule has 2 amide bonds. The third-order valence-corrected chi connectivity index (χ3v) is 5.79. The minimum atomic E-state index is -0.398. The first kappa shape index (κ1) is 22.8. The highest BCUT2D eigenvalue weighted by Crippen LogP contribution is 2.21. The van der Waals surface area contributed by atoms with Gasteiger partial charge in [0.2, 0.25) is 5.91 Å². The molecule has 3 aromatic rings. The van der Waals surface area contributed by atoms with Crippen LogP contribution in [0.15, 0.2) is 59.0 Å². The first-order valence-electron chi connectivity index (χ1n) is 11.1. The minimum Gasteiger partial charge on any atom is -0.451 e. The lowest BCUT2D eigenvalue weighted by Gasteiger charge is -2.36. The fourth-order valence-corrected chi connectivity index (χ4v) is 4.08. The molecule has 2 N–H and O–H groups in total. The predicted octanol–water partition coefficient (Wildman–Crippen LogP) is 4.25. The Labute approximate surface area is 198 Å². The van der Waals surface area contributed by atoms with Crippen LogP contribution in [-0.2, 0) is 4.79 Å². The van der Waals surface area contributed by atoms with Crippen molar-refractivity contribution in [3.05, 3.63) is 60.4 Å². The standard InChI is InChI=1S/C25H28N4O3S/c1-17(2)15-23(30)29-13-11-28(12-14-29)20-9-7-19(8-10-20)26-25(33)27-24(31)22-16-18-5-3-4-6-21(18)32-22/h3-10,16-17H,11-15H2,1-2H3,(H2,26,27,31,33). The van der Waals surface area contributed by atoms with Gasteiger partial charge < -0.3 is 19.5 Å². The average Bonchev–Trinajstić information content (AvgIpc) is 3.24. The Morgan fingerprint density at radius 3 is 2.39 bits per heavy atom. The van der Waals surface area contributed by atoms with Gasteiger partial charge in [-0.15, -0.1) is 0 Å². The number of benzene rings is 2. The normalized spacial score (nSPS) is 13.9. The van der Waals surface area contributed by atoms with Gasteiger partial charge in [0, 0.05) is 49.4 Å². The number of carbonyl (C=O) groups is 2. The molecule has 1 aliphatic rings. The number of anilines is 2. The smallest absolute Gasteiger partial charge is 0.293 e. The number of fused-ring (bicyclic) bond motifs is 1. The van der Waals surface area contributed by atoms with Gasteiger partial charge in [-0.3, -0.25) is 14.9 Å². The molecule has 0 spiro atoms. The summed E-state index contributed by atoms with van der Waals surface area (Å²) < 4.78 is 5.58. The molecule has 1 fully saturated rings. The van der Waals surface area contributed by atoms with Crippen molar-refractivity contribution >= 4 is 51.5 Å². The van der Waals surface area contributed by atoms with Crippen molar-refractivity contribution in [3.63, 3.8) is 0 Å². The molecule has 0 bridgehead atoms. The Morgan fingerprint density at radius 1 is 1.03 bits per heavy atom. The molecule has 0 aliphatic carbocycles. The molecule has 1 aliphatic heterocycles. The topological polar surface area (TPSA) is 77.8 Å². The van der Waals surface area contributed by atoms with Crippen LogP contribution in [0.1, 0.15) is 30.8 Å². The number of nitrogens with zero attached hydrogens (tertiary/aromatic N) is 2. The summed E-state index contributed by atoms with van der Waals surface area (Å²) >= 11 is 5.29. The van der Waals surface area contributed by atoms with E-state index in [2.05, 4.69) is 29.4 Å². The number of para-hydroxylation sites is 1. The Bertz CT molecular complexity index is 1110. The number of furan rings is 1. The lowest BCUT2D eigenvalue weighted by Crippen LogP contribution is -2.49. The van der Waals surface area contributed by atoms with E-state index in [0.29, 0.717) is 17.9 Å². The molecule has 0 unspecified atom stereocenters. The van der Waals surface area contributed by atoms with E-state index in [0.717, 1.165) is 42.9 Å². The highest BCUT2D eigenvalue weighted by Gasteiger charge is 2.21. The van der Waals surface area contributed by atoms with E-state index in [1.54, 1.807) is 6.07 Å². The number of amides is 2. The third-order valence-electron chi connectivity index (χ3n) is 5.58. The van der Waals surface area contributed by atoms with E-state index >= 15 is 0 Å². The minimum absolute atomic E-state index is 0.200. The van der Waals surface area contributed by atoms with Crippen LogP contribution in [0.5, 0.6) is 0 Å². The van der Waals surface area contributed by atoms with Crippen LogP contribution in [0.25, 0.3) is 11.0 Å². The molecule has 2 aromatic carbocycles. The number of hydrogen-bond acceptors (Lipinski definition) is 5. The zero-order valence-corrected chi connectivity index (χ0v) is 19.7. The molecule has 1 saturated heterocycles. The van der Waals surface area contributed by atoms with E-state index in [9.17, 15) is 9.59 Å². The first-order valence-corrected chi connectivity index (χ1v) is 11.5. The van der Waals surface area contributed by atoms with Gasteiger partial charge in [-0.1, -0.05) is 32.0 Å². The van der Waals surface area contributed by atoms with Crippen molar-refractivity contribution in [3.8, 4) is 0 Å². The number of thiocarbonyl (C=S) groups is 1. The van der Waals surface area contributed by atoms with Crippen LogP contribution in [-0.4, -0.2) is 48.0 Å². The zero-order valence-electron chi connectivity index (χ0n) is 18.8. The van der Waals surface area contributed by atoms with Crippen molar-refractivity contribution in [2.45, 2.75) is 20.3 Å². The van der Waals surface area contributed by atoms with E-state index in [1.165, 1.54) is 0 Å². The second-order valence-electron chi connectivity index (χ2n) is 8.57. The maximum atomic E-state index is 12.4. The highest BCUT2D eigenvalue weighted by atomic mass is 32.1. The average molecular weight is 465 g/mol. The lowest BCUT2D eigenvalue weighted by atomic mass is 10.1. The molecule has 0 saturated carbocycles. The second kappa shape index (κ2) is 10.0. The van der Waals surface area contributed by atoms with E-state index < -0.39 is 5.91 Å². The molecule has 1 aromatic heterocycles. The zero-order chi connectivity index (χ0) is 23.4. The molecule has 0 atom stereocenters. The van der Waals surface area contributed by atoms with Crippen molar-refractivity contribution < 1.29 is 14.0 Å². The number of piperazine rings is 1. The van der Waals surface area contributed by atoms with Gasteiger partial charge in [0.1, 0.15) is 5.58 Å². The highest BCUT2D eigenvalue weighted by molar-refractivity contribution is 7.80. The molecule has 0 radical (unpaired) electrons. The van der Waals surface area contributed by atoms with E-state index in [4.69, 9.17) is 16.6 Å². The monoisotopic (exact) mass is 464 g/mol. The molecule has 8 heteroatoms.